The summed E-state index contributed by atoms with van der Waals surface area (Å²) in [6.07, 6.45) is 0. The fourth-order valence-electron chi connectivity index (χ4n) is 2.24. The van der Waals surface area contributed by atoms with Gasteiger partial charge in [0.2, 0.25) is 0 Å². The molecule has 0 saturated heterocycles. The Morgan fingerprint density at radius 3 is 2.42 bits per heavy atom. The van der Waals surface area contributed by atoms with Gasteiger partial charge in [-0.25, -0.2) is 5.43 Å². The van der Waals surface area contributed by atoms with Gasteiger partial charge >= 0.3 is 0 Å². The number of nitrogens with two attached hydrogens (primary N) is 1. The number of ether oxygens (including phenoxy) is 1. The first-order valence-corrected chi connectivity index (χ1v) is 7.06. The Bertz CT molecular complexity index is 578. The summed E-state index contributed by atoms with van der Waals surface area (Å²) in [5.41, 5.74) is 6.36. The monoisotopic (exact) mass is 276 g/mol. The molecule has 3 nitrogen and oxygen atoms in total. The highest BCUT2D eigenvalue weighted by Gasteiger charge is 2.20. The SMILES string of the molecule is COc1c(C(NN)c2ccc(C)s2)ccc(C)c1C. The number of hydrazine groups is 1. The molecule has 2 aromatic rings. The number of aryl methyl sites for hydroxylation is 2. The molecule has 0 fully saturated rings. The van der Waals surface area contributed by atoms with Crippen LogP contribution in [0.2, 0.25) is 0 Å². The number of benzene rings is 1. The van der Waals surface area contributed by atoms with E-state index in [1.165, 1.54) is 15.3 Å². The van der Waals surface area contributed by atoms with Crippen molar-refractivity contribution in [2.75, 3.05) is 7.11 Å². The van der Waals surface area contributed by atoms with Gasteiger partial charge < -0.3 is 4.74 Å². The van der Waals surface area contributed by atoms with E-state index in [0.717, 1.165) is 16.9 Å². The van der Waals surface area contributed by atoms with Gasteiger partial charge in [-0.1, -0.05) is 12.1 Å². The van der Waals surface area contributed by atoms with Crippen LogP contribution in [0.4, 0.5) is 0 Å². The van der Waals surface area contributed by atoms with Gasteiger partial charge in [0.05, 0.1) is 13.2 Å². The molecule has 2 rings (SSSR count). The van der Waals surface area contributed by atoms with Gasteiger partial charge in [0.1, 0.15) is 5.75 Å². The highest BCUT2D eigenvalue weighted by atomic mass is 32.1. The molecule has 0 saturated carbocycles. The van der Waals surface area contributed by atoms with Crippen LogP contribution in [-0.2, 0) is 0 Å². The quantitative estimate of drug-likeness (QED) is 0.666. The minimum absolute atomic E-state index is 0.0343. The lowest BCUT2D eigenvalue weighted by Gasteiger charge is -2.20. The first-order valence-electron chi connectivity index (χ1n) is 6.25. The Labute approximate surface area is 118 Å². The highest BCUT2D eigenvalue weighted by molar-refractivity contribution is 7.12. The van der Waals surface area contributed by atoms with Crippen molar-refractivity contribution in [2.24, 2.45) is 5.84 Å². The lowest BCUT2D eigenvalue weighted by Crippen LogP contribution is -2.28. The molecular formula is C15H20N2OS. The first-order chi connectivity index (χ1) is 9.08. The minimum atomic E-state index is -0.0343. The van der Waals surface area contributed by atoms with Crippen molar-refractivity contribution in [1.82, 2.24) is 5.43 Å². The molecule has 0 aliphatic heterocycles. The Balaban J connectivity index is 2.52. The number of hydrogen-bond acceptors (Lipinski definition) is 4. The van der Waals surface area contributed by atoms with Gasteiger partial charge in [-0.3, -0.25) is 5.84 Å². The van der Waals surface area contributed by atoms with E-state index < -0.39 is 0 Å². The van der Waals surface area contributed by atoms with Crippen LogP contribution in [0.25, 0.3) is 0 Å². The standard InChI is InChI=1S/C15H20N2OS/c1-9-5-7-12(15(18-4)11(9)3)14(17-16)13-8-6-10(2)19-13/h5-8,14,17H,16H2,1-4H3. The van der Waals surface area contributed by atoms with Gasteiger partial charge in [-0.05, 0) is 44.0 Å². The Kier molecular flexibility index (Phi) is 4.24. The van der Waals surface area contributed by atoms with E-state index in [1.807, 2.05) is 0 Å². The van der Waals surface area contributed by atoms with E-state index in [-0.39, 0.29) is 6.04 Å². The largest absolute Gasteiger partial charge is 0.496 e. The maximum absolute atomic E-state index is 5.76. The average Bonchev–Trinajstić information content (AvgIpc) is 2.81. The molecule has 0 amide bonds. The average molecular weight is 276 g/mol. The number of thiophene rings is 1. The van der Waals surface area contributed by atoms with Gasteiger partial charge in [0.25, 0.3) is 0 Å². The predicted molar refractivity (Wildman–Crippen MR) is 80.7 cm³/mol. The molecule has 0 radical (unpaired) electrons. The second-order valence-corrected chi connectivity index (χ2v) is 6.00. The molecule has 0 spiro atoms. The summed E-state index contributed by atoms with van der Waals surface area (Å²) in [5, 5.41) is 0. The summed E-state index contributed by atoms with van der Waals surface area (Å²) >= 11 is 1.75. The maximum atomic E-state index is 5.76. The van der Waals surface area contributed by atoms with Crippen molar-refractivity contribution in [1.29, 1.82) is 0 Å². The van der Waals surface area contributed by atoms with Crippen LogP contribution in [0.5, 0.6) is 5.75 Å². The van der Waals surface area contributed by atoms with Crippen molar-refractivity contribution in [2.45, 2.75) is 26.8 Å². The zero-order valence-corrected chi connectivity index (χ0v) is 12.6. The number of methoxy groups -OCH3 is 1. The van der Waals surface area contributed by atoms with Crippen LogP contribution in [0.15, 0.2) is 24.3 Å². The molecule has 1 aromatic heterocycles. The third-order valence-corrected chi connectivity index (χ3v) is 4.50. The van der Waals surface area contributed by atoms with E-state index in [4.69, 9.17) is 10.6 Å². The number of nitrogens with one attached hydrogen (secondary N) is 1. The second-order valence-electron chi connectivity index (χ2n) is 4.68. The predicted octanol–water partition coefficient (Wildman–Crippen LogP) is 3.23. The Hall–Kier alpha value is -1.36. The molecule has 1 atom stereocenters. The second kappa shape index (κ2) is 5.74. The van der Waals surface area contributed by atoms with E-state index in [9.17, 15) is 0 Å². The minimum Gasteiger partial charge on any atom is -0.496 e. The summed E-state index contributed by atoms with van der Waals surface area (Å²) in [5.74, 6) is 6.67. The van der Waals surface area contributed by atoms with Crippen molar-refractivity contribution in [3.05, 3.63) is 50.7 Å². The number of hydrogen-bond donors (Lipinski definition) is 2. The van der Waals surface area contributed by atoms with E-state index >= 15 is 0 Å². The third-order valence-electron chi connectivity index (χ3n) is 3.43. The van der Waals surface area contributed by atoms with Gasteiger partial charge in [0.15, 0.2) is 0 Å². The van der Waals surface area contributed by atoms with Crippen LogP contribution >= 0.6 is 11.3 Å². The molecule has 1 unspecified atom stereocenters. The summed E-state index contributed by atoms with van der Waals surface area (Å²) in [4.78, 5) is 2.47. The van der Waals surface area contributed by atoms with Crippen LogP contribution in [0.1, 0.15) is 32.5 Å². The summed E-state index contributed by atoms with van der Waals surface area (Å²) in [6.45, 7) is 6.26. The molecule has 102 valence electrons. The van der Waals surface area contributed by atoms with Gasteiger partial charge in [0, 0.05) is 15.3 Å². The van der Waals surface area contributed by atoms with Gasteiger partial charge in [-0.2, -0.15) is 0 Å². The summed E-state index contributed by atoms with van der Waals surface area (Å²) < 4.78 is 5.58. The van der Waals surface area contributed by atoms with Crippen LogP contribution in [-0.4, -0.2) is 7.11 Å². The third kappa shape index (κ3) is 2.66. The normalized spacial score (nSPS) is 12.5. The van der Waals surface area contributed by atoms with E-state index in [1.54, 1.807) is 18.4 Å². The zero-order chi connectivity index (χ0) is 14.0. The summed E-state index contributed by atoms with van der Waals surface area (Å²) in [7, 11) is 1.71. The molecule has 19 heavy (non-hydrogen) atoms. The fourth-order valence-corrected chi connectivity index (χ4v) is 3.20. The molecule has 1 aromatic carbocycles. The lowest BCUT2D eigenvalue weighted by atomic mass is 9.98. The number of rotatable bonds is 4. The van der Waals surface area contributed by atoms with Crippen molar-refractivity contribution < 1.29 is 4.74 Å². The highest BCUT2D eigenvalue weighted by Crippen LogP contribution is 2.36. The van der Waals surface area contributed by atoms with Crippen molar-refractivity contribution in [3.63, 3.8) is 0 Å². The van der Waals surface area contributed by atoms with E-state index in [2.05, 4.69) is 50.5 Å². The molecular weight excluding hydrogens is 256 g/mol. The fraction of sp³-hybridized carbons (Fsp3) is 0.333. The smallest absolute Gasteiger partial charge is 0.127 e. The molecule has 1 heterocycles. The molecule has 4 heteroatoms. The van der Waals surface area contributed by atoms with E-state index in [0.29, 0.717) is 0 Å². The molecule has 3 N–H and O–H groups in total. The first kappa shape index (κ1) is 14.1. The maximum Gasteiger partial charge on any atom is 0.127 e. The van der Waals surface area contributed by atoms with Gasteiger partial charge in [-0.15, -0.1) is 11.3 Å². The Morgan fingerprint density at radius 1 is 1.16 bits per heavy atom. The lowest BCUT2D eigenvalue weighted by molar-refractivity contribution is 0.401. The molecule has 0 aliphatic rings. The molecule has 0 bridgehead atoms. The van der Waals surface area contributed by atoms with Crippen LogP contribution < -0.4 is 16.0 Å². The Morgan fingerprint density at radius 2 is 1.89 bits per heavy atom. The van der Waals surface area contributed by atoms with Crippen LogP contribution in [0, 0.1) is 20.8 Å². The summed E-state index contributed by atoms with van der Waals surface area (Å²) in [6, 6.07) is 8.38. The van der Waals surface area contributed by atoms with Crippen molar-refractivity contribution >= 4 is 11.3 Å². The van der Waals surface area contributed by atoms with Crippen molar-refractivity contribution in [3.8, 4) is 5.75 Å². The topological polar surface area (TPSA) is 47.3 Å². The van der Waals surface area contributed by atoms with Crippen LogP contribution in [0.3, 0.4) is 0 Å². The zero-order valence-electron chi connectivity index (χ0n) is 11.8. The molecule has 0 aliphatic carbocycles.